The summed E-state index contributed by atoms with van der Waals surface area (Å²) in [5.41, 5.74) is 2.79. The fourth-order valence-corrected chi connectivity index (χ4v) is 3.56. The number of aromatic nitrogens is 1. The Kier molecular flexibility index (Phi) is 4.33. The van der Waals surface area contributed by atoms with Crippen LogP contribution in [-0.4, -0.2) is 18.1 Å². The first-order valence-corrected chi connectivity index (χ1v) is 8.21. The van der Waals surface area contributed by atoms with Gasteiger partial charge < -0.3 is 10.2 Å². The average Bonchev–Trinajstić information content (AvgIpc) is 2.84. The van der Waals surface area contributed by atoms with Gasteiger partial charge in [-0.3, -0.25) is 0 Å². The summed E-state index contributed by atoms with van der Waals surface area (Å²) < 4.78 is 0. The second-order valence-corrected chi connectivity index (χ2v) is 6.22. The van der Waals surface area contributed by atoms with Crippen molar-refractivity contribution in [1.82, 2.24) is 10.3 Å². The third kappa shape index (κ3) is 2.86. The van der Waals surface area contributed by atoms with Crippen molar-refractivity contribution in [2.75, 3.05) is 18.0 Å². The summed E-state index contributed by atoms with van der Waals surface area (Å²) in [4.78, 5) is 8.34. The molecule has 2 heterocycles. The third-order valence-corrected chi connectivity index (χ3v) is 4.70. The van der Waals surface area contributed by atoms with Crippen LogP contribution >= 0.6 is 11.3 Å². The minimum atomic E-state index is 0.920. The maximum atomic E-state index is 4.64. The molecule has 0 spiro atoms. The van der Waals surface area contributed by atoms with Crippen molar-refractivity contribution in [3.8, 4) is 0 Å². The largest absolute Gasteiger partial charge is 0.318 e. The molecule has 20 heavy (non-hydrogen) atoms. The molecule has 1 aliphatic heterocycles. The molecule has 1 aromatic heterocycles. The first-order valence-electron chi connectivity index (χ1n) is 7.39. The van der Waals surface area contributed by atoms with Crippen molar-refractivity contribution in [2.24, 2.45) is 0 Å². The summed E-state index contributed by atoms with van der Waals surface area (Å²) in [6.07, 6.45) is 5.69. The molecule has 0 saturated carbocycles. The first-order chi connectivity index (χ1) is 9.88. The molecule has 1 N–H and O–H groups in total. The average molecular weight is 287 g/mol. The number of anilines is 2. The van der Waals surface area contributed by atoms with Gasteiger partial charge in [-0.1, -0.05) is 25.1 Å². The zero-order chi connectivity index (χ0) is 13.8. The molecule has 3 rings (SSSR count). The molecule has 0 radical (unpaired) electrons. The predicted octanol–water partition coefficient (Wildman–Crippen LogP) is 3.73. The van der Waals surface area contributed by atoms with Crippen LogP contribution in [0.25, 0.3) is 0 Å². The van der Waals surface area contributed by atoms with Gasteiger partial charge in [-0.2, -0.15) is 0 Å². The second-order valence-electron chi connectivity index (χ2n) is 5.13. The van der Waals surface area contributed by atoms with E-state index in [9.17, 15) is 0 Å². The van der Waals surface area contributed by atoms with Crippen LogP contribution in [0.2, 0.25) is 0 Å². The maximum Gasteiger partial charge on any atom is 0.190 e. The van der Waals surface area contributed by atoms with Gasteiger partial charge in [0.2, 0.25) is 0 Å². The summed E-state index contributed by atoms with van der Waals surface area (Å²) >= 11 is 1.80. The van der Waals surface area contributed by atoms with Gasteiger partial charge in [0.25, 0.3) is 0 Å². The Morgan fingerprint density at radius 3 is 3.10 bits per heavy atom. The van der Waals surface area contributed by atoms with Crippen molar-refractivity contribution in [3.05, 3.63) is 40.9 Å². The number of hydrogen-bond acceptors (Lipinski definition) is 4. The maximum absolute atomic E-state index is 4.64. The molecular formula is C16H21N3S. The molecule has 0 unspecified atom stereocenters. The van der Waals surface area contributed by atoms with E-state index in [1.165, 1.54) is 35.4 Å². The van der Waals surface area contributed by atoms with Crippen LogP contribution in [0.4, 0.5) is 10.8 Å². The molecule has 0 bridgehead atoms. The number of rotatable bonds is 4. The molecule has 106 valence electrons. The van der Waals surface area contributed by atoms with Gasteiger partial charge in [0.15, 0.2) is 5.13 Å². The monoisotopic (exact) mass is 287 g/mol. The molecule has 0 amide bonds. The van der Waals surface area contributed by atoms with Crippen LogP contribution in [0.15, 0.2) is 30.5 Å². The number of nitrogens with zero attached hydrogens (tertiary/aromatic N) is 2. The molecular weight excluding hydrogens is 266 g/mol. The molecule has 0 aliphatic carbocycles. The van der Waals surface area contributed by atoms with E-state index in [1.807, 2.05) is 6.20 Å². The van der Waals surface area contributed by atoms with Crippen molar-refractivity contribution in [2.45, 2.75) is 32.7 Å². The quantitative estimate of drug-likeness (QED) is 0.929. The molecule has 2 aromatic rings. The minimum absolute atomic E-state index is 0.920. The molecule has 0 atom stereocenters. The molecule has 1 aromatic carbocycles. The van der Waals surface area contributed by atoms with E-state index in [1.54, 1.807) is 11.3 Å². The Balaban J connectivity index is 1.87. The highest BCUT2D eigenvalue weighted by atomic mass is 32.1. The van der Waals surface area contributed by atoms with E-state index in [0.29, 0.717) is 0 Å². The summed E-state index contributed by atoms with van der Waals surface area (Å²) in [5, 5.41) is 4.50. The number of hydrogen-bond donors (Lipinski definition) is 1. The van der Waals surface area contributed by atoms with E-state index in [4.69, 9.17) is 0 Å². The highest BCUT2D eigenvalue weighted by Gasteiger charge is 2.18. The molecule has 4 heteroatoms. The lowest BCUT2D eigenvalue weighted by Gasteiger charge is -2.21. The van der Waals surface area contributed by atoms with Crippen LogP contribution in [0, 0.1) is 0 Å². The summed E-state index contributed by atoms with van der Waals surface area (Å²) in [6, 6.07) is 8.75. The Labute approximate surface area is 124 Å². The number of thiazole rings is 1. The SMILES string of the molecule is CCNCc1cnc(N2CCCCc3ccccc32)s1. The predicted molar refractivity (Wildman–Crippen MR) is 85.9 cm³/mol. The highest BCUT2D eigenvalue weighted by molar-refractivity contribution is 7.15. The Bertz CT molecular complexity index is 564. The van der Waals surface area contributed by atoms with Gasteiger partial charge in [0.05, 0.1) is 0 Å². The van der Waals surface area contributed by atoms with Gasteiger partial charge in [-0.25, -0.2) is 4.98 Å². The van der Waals surface area contributed by atoms with Crippen LogP contribution in [0.5, 0.6) is 0 Å². The summed E-state index contributed by atoms with van der Waals surface area (Å²) in [6.45, 7) is 5.13. The van der Waals surface area contributed by atoms with E-state index in [-0.39, 0.29) is 0 Å². The Morgan fingerprint density at radius 1 is 1.30 bits per heavy atom. The minimum Gasteiger partial charge on any atom is -0.318 e. The standard InChI is InChI=1S/C16H21N3S/c1-2-17-11-14-12-18-16(20-14)19-10-6-5-8-13-7-3-4-9-15(13)19/h3-4,7,9,12,17H,2,5-6,8,10-11H2,1H3. The van der Waals surface area contributed by atoms with E-state index < -0.39 is 0 Å². The zero-order valence-corrected chi connectivity index (χ0v) is 12.7. The van der Waals surface area contributed by atoms with E-state index in [2.05, 4.69) is 46.4 Å². The lowest BCUT2D eigenvalue weighted by molar-refractivity contribution is 0.734. The summed E-state index contributed by atoms with van der Waals surface area (Å²) in [5.74, 6) is 0. The van der Waals surface area contributed by atoms with Crippen LogP contribution in [-0.2, 0) is 13.0 Å². The fourth-order valence-electron chi connectivity index (χ4n) is 2.64. The van der Waals surface area contributed by atoms with Crippen LogP contribution in [0.3, 0.4) is 0 Å². The summed E-state index contributed by atoms with van der Waals surface area (Å²) in [7, 11) is 0. The molecule has 0 fully saturated rings. The van der Waals surface area contributed by atoms with Gasteiger partial charge in [0.1, 0.15) is 0 Å². The molecule has 1 aliphatic rings. The third-order valence-electron chi connectivity index (χ3n) is 3.68. The van der Waals surface area contributed by atoms with Gasteiger partial charge in [-0.05, 0) is 37.4 Å². The van der Waals surface area contributed by atoms with Crippen molar-refractivity contribution >= 4 is 22.2 Å². The van der Waals surface area contributed by atoms with E-state index >= 15 is 0 Å². The molecule has 3 nitrogen and oxygen atoms in total. The Morgan fingerprint density at radius 2 is 2.20 bits per heavy atom. The van der Waals surface area contributed by atoms with Gasteiger partial charge >= 0.3 is 0 Å². The fraction of sp³-hybridized carbons (Fsp3) is 0.438. The molecule has 0 saturated heterocycles. The van der Waals surface area contributed by atoms with Crippen molar-refractivity contribution in [3.63, 3.8) is 0 Å². The van der Waals surface area contributed by atoms with Crippen molar-refractivity contribution < 1.29 is 0 Å². The Hall–Kier alpha value is -1.39. The first kappa shape index (κ1) is 13.6. The number of fused-ring (bicyclic) bond motifs is 1. The lowest BCUT2D eigenvalue weighted by Crippen LogP contribution is -2.17. The topological polar surface area (TPSA) is 28.2 Å². The lowest BCUT2D eigenvalue weighted by atomic mass is 10.1. The van der Waals surface area contributed by atoms with Crippen molar-refractivity contribution in [1.29, 1.82) is 0 Å². The highest BCUT2D eigenvalue weighted by Crippen LogP contribution is 2.34. The number of aryl methyl sites for hydroxylation is 1. The van der Waals surface area contributed by atoms with Gasteiger partial charge in [0, 0.05) is 29.9 Å². The smallest absolute Gasteiger partial charge is 0.190 e. The zero-order valence-electron chi connectivity index (χ0n) is 11.9. The number of benzene rings is 1. The second kappa shape index (κ2) is 6.37. The van der Waals surface area contributed by atoms with Crippen LogP contribution in [0.1, 0.15) is 30.2 Å². The van der Waals surface area contributed by atoms with Crippen LogP contribution < -0.4 is 10.2 Å². The normalized spacial score (nSPS) is 14.9. The number of nitrogens with one attached hydrogen (secondary N) is 1. The number of para-hydroxylation sites is 1. The van der Waals surface area contributed by atoms with E-state index in [0.717, 1.165) is 24.8 Å². The van der Waals surface area contributed by atoms with Gasteiger partial charge in [-0.15, -0.1) is 11.3 Å².